The van der Waals surface area contributed by atoms with Crippen LogP contribution in [0.25, 0.3) is 10.9 Å². The van der Waals surface area contributed by atoms with Gasteiger partial charge in [-0.2, -0.15) is 0 Å². The Labute approximate surface area is 179 Å². The molecule has 0 bridgehead atoms. The van der Waals surface area contributed by atoms with Gasteiger partial charge in [0, 0.05) is 23.7 Å². The van der Waals surface area contributed by atoms with Gasteiger partial charge in [-0.05, 0) is 42.7 Å². The van der Waals surface area contributed by atoms with E-state index in [1.807, 2.05) is 16.7 Å². The molecule has 31 heavy (non-hydrogen) atoms. The Kier molecular flexibility index (Phi) is 5.86. The minimum atomic E-state index is -0.593. The van der Waals surface area contributed by atoms with Gasteiger partial charge in [0.15, 0.2) is 0 Å². The molecule has 3 aromatic rings. The van der Waals surface area contributed by atoms with E-state index in [2.05, 4.69) is 5.32 Å². The summed E-state index contributed by atoms with van der Waals surface area (Å²) in [6, 6.07) is 13.7. The van der Waals surface area contributed by atoms with Gasteiger partial charge in [-0.3, -0.25) is 14.4 Å². The maximum absolute atomic E-state index is 13.0. The standard InChI is InChI=1S/C24H25N3O4/c25-23(30)16-11-9-15(10-12-16)13-27-14-18(22(29)17-5-1-3-7-20(17)27)24(31)26-19-6-2-4-8-21(19)28/h1,3,5,7,9-12,14,19,21,28H,2,4,6,8,13H2,(H2,25,30)(H,26,31)/t19-,21-/m0/s1. The first-order valence-corrected chi connectivity index (χ1v) is 10.4. The number of nitrogens with two attached hydrogens (primary N) is 1. The smallest absolute Gasteiger partial charge is 0.257 e. The number of hydrogen-bond acceptors (Lipinski definition) is 4. The number of nitrogens with zero attached hydrogens (tertiary/aromatic N) is 1. The number of rotatable bonds is 5. The fraction of sp³-hybridized carbons (Fsp3) is 0.292. The van der Waals surface area contributed by atoms with Crippen LogP contribution in [-0.2, 0) is 6.54 Å². The van der Waals surface area contributed by atoms with Crippen molar-refractivity contribution < 1.29 is 14.7 Å². The largest absolute Gasteiger partial charge is 0.391 e. The molecule has 1 heterocycles. The van der Waals surface area contributed by atoms with E-state index in [0.717, 1.165) is 18.4 Å². The molecule has 2 atom stereocenters. The first-order valence-electron chi connectivity index (χ1n) is 10.4. The molecule has 0 unspecified atom stereocenters. The lowest BCUT2D eigenvalue weighted by Crippen LogP contribution is -2.46. The molecular formula is C24H25N3O4. The average molecular weight is 419 g/mol. The van der Waals surface area contributed by atoms with E-state index in [9.17, 15) is 19.5 Å². The van der Waals surface area contributed by atoms with Crippen LogP contribution in [0.2, 0.25) is 0 Å². The van der Waals surface area contributed by atoms with Gasteiger partial charge < -0.3 is 20.7 Å². The number of amides is 2. The summed E-state index contributed by atoms with van der Waals surface area (Å²) in [4.78, 5) is 37.3. The van der Waals surface area contributed by atoms with E-state index >= 15 is 0 Å². The lowest BCUT2D eigenvalue weighted by molar-refractivity contribution is 0.0716. The van der Waals surface area contributed by atoms with Crippen molar-refractivity contribution in [2.75, 3.05) is 0 Å². The number of aliphatic hydroxyl groups is 1. The molecule has 1 saturated carbocycles. The highest BCUT2D eigenvalue weighted by atomic mass is 16.3. The topological polar surface area (TPSA) is 114 Å². The Bertz CT molecular complexity index is 1180. The molecule has 4 rings (SSSR count). The quantitative estimate of drug-likeness (QED) is 0.588. The van der Waals surface area contributed by atoms with Gasteiger partial charge in [-0.1, -0.05) is 37.1 Å². The fourth-order valence-corrected chi connectivity index (χ4v) is 4.13. The predicted molar refractivity (Wildman–Crippen MR) is 118 cm³/mol. The first kappa shape index (κ1) is 20.8. The first-order chi connectivity index (χ1) is 14.9. The molecule has 0 aliphatic heterocycles. The Morgan fingerprint density at radius 2 is 1.77 bits per heavy atom. The number of fused-ring (bicyclic) bond motifs is 1. The third-order valence-corrected chi connectivity index (χ3v) is 5.87. The van der Waals surface area contributed by atoms with Gasteiger partial charge in [-0.15, -0.1) is 0 Å². The number of carbonyl (C=O) groups excluding carboxylic acids is 2. The molecular weight excluding hydrogens is 394 g/mol. The Balaban J connectivity index is 1.70. The minimum Gasteiger partial charge on any atom is -0.391 e. The third kappa shape index (κ3) is 4.36. The zero-order valence-electron chi connectivity index (χ0n) is 17.1. The molecule has 1 fully saturated rings. The summed E-state index contributed by atoms with van der Waals surface area (Å²) >= 11 is 0. The van der Waals surface area contributed by atoms with Gasteiger partial charge >= 0.3 is 0 Å². The van der Waals surface area contributed by atoms with E-state index < -0.39 is 17.9 Å². The summed E-state index contributed by atoms with van der Waals surface area (Å²) in [5, 5.41) is 13.5. The highest BCUT2D eigenvalue weighted by Gasteiger charge is 2.26. The van der Waals surface area contributed by atoms with E-state index in [4.69, 9.17) is 5.73 Å². The molecule has 1 aliphatic rings. The second-order valence-corrected chi connectivity index (χ2v) is 8.01. The molecule has 4 N–H and O–H groups in total. The Morgan fingerprint density at radius 1 is 1.06 bits per heavy atom. The molecule has 7 heteroatoms. The summed E-state index contributed by atoms with van der Waals surface area (Å²) < 4.78 is 1.85. The van der Waals surface area contributed by atoms with Gasteiger partial charge in [0.25, 0.3) is 5.91 Å². The molecule has 2 amide bonds. The van der Waals surface area contributed by atoms with Crippen LogP contribution in [0.4, 0.5) is 0 Å². The van der Waals surface area contributed by atoms with Crippen molar-refractivity contribution in [3.05, 3.63) is 81.6 Å². The van der Waals surface area contributed by atoms with Crippen LogP contribution in [-0.4, -0.2) is 33.6 Å². The van der Waals surface area contributed by atoms with Crippen molar-refractivity contribution >= 4 is 22.7 Å². The van der Waals surface area contributed by atoms with E-state index in [-0.39, 0.29) is 17.0 Å². The average Bonchev–Trinajstić information content (AvgIpc) is 2.77. The number of primary amides is 1. The van der Waals surface area contributed by atoms with Gasteiger partial charge in [0.05, 0.1) is 17.7 Å². The van der Waals surface area contributed by atoms with Crippen LogP contribution in [0.3, 0.4) is 0 Å². The number of pyridine rings is 1. The lowest BCUT2D eigenvalue weighted by atomic mass is 9.92. The van der Waals surface area contributed by atoms with Crippen molar-refractivity contribution in [1.82, 2.24) is 9.88 Å². The summed E-state index contributed by atoms with van der Waals surface area (Å²) in [5.74, 6) is -0.969. The number of nitrogens with one attached hydrogen (secondary N) is 1. The number of para-hydroxylation sites is 1. The Morgan fingerprint density at radius 3 is 2.48 bits per heavy atom. The Hall–Kier alpha value is -3.45. The predicted octanol–water partition coefficient (Wildman–Crippen LogP) is 2.18. The van der Waals surface area contributed by atoms with Crippen LogP contribution in [0.5, 0.6) is 0 Å². The second-order valence-electron chi connectivity index (χ2n) is 8.01. The van der Waals surface area contributed by atoms with Crippen molar-refractivity contribution in [2.45, 2.75) is 44.4 Å². The summed E-state index contributed by atoms with van der Waals surface area (Å²) in [6.07, 6.45) is 4.19. The van der Waals surface area contributed by atoms with E-state index in [1.165, 1.54) is 0 Å². The monoisotopic (exact) mass is 419 g/mol. The lowest BCUT2D eigenvalue weighted by Gasteiger charge is -2.28. The SMILES string of the molecule is NC(=O)c1ccc(Cn2cc(C(=O)N[C@H]3CCCC[C@@H]3O)c(=O)c3ccccc32)cc1. The van der Waals surface area contributed by atoms with Gasteiger partial charge in [-0.25, -0.2) is 0 Å². The van der Waals surface area contributed by atoms with Crippen molar-refractivity contribution in [3.63, 3.8) is 0 Å². The maximum atomic E-state index is 13.0. The summed E-state index contributed by atoms with van der Waals surface area (Å²) in [7, 11) is 0. The van der Waals surface area contributed by atoms with Crippen LogP contribution in [0.15, 0.2) is 59.5 Å². The highest BCUT2D eigenvalue weighted by molar-refractivity contribution is 5.97. The number of carbonyl (C=O) groups is 2. The van der Waals surface area contributed by atoms with Gasteiger partial charge in [0.2, 0.25) is 11.3 Å². The van der Waals surface area contributed by atoms with E-state index in [0.29, 0.717) is 35.9 Å². The molecule has 0 saturated heterocycles. The highest BCUT2D eigenvalue weighted by Crippen LogP contribution is 2.19. The zero-order chi connectivity index (χ0) is 22.0. The summed E-state index contributed by atoms with van der Waals surface area (Å²) in [5.41, 5.74) is 7.04. The molecule has 1 aromatic heterocycles. The minimum absolute atomic E-state index is 0.0465. The third-order valence-electron chi connectivity index (χ3n) is 5.87. The van der Waals surface area contributed by atoms with E-state index in [1.54, 1.807) is 42.6 Å². The number of hydrogen-bond donors (Lipinski definition) is 3. The van der Waals surface area contributed by atoms with Crippen molar-refractivity contribution in [1.29, 1.82) is 0 Å². The molecule has 0 radical (unpaired) electrons. The van der Waals surface area contributed by atoms with Crippen molar-refractivity contribution in [2.24, 2.45) is 5.73 Å². The molecule has 2 aromatic carbocycles. The van der Waals surface area contributed by atoms with Crippen LogP contribution in [0.1, 0.15) is 52.0 Å². The number of aromatic nitrogens is 1. The van der Waals surface area contributed by atoms with Crippen LogP contribution >= 0.6 is 0 Å². The van der Waals surface area contributed by atoms with Crippen LogP contribution in [0, 0.1) is 0 Å². The normalized spacial score (nSPS) is 18.6. The van der Waals surface area contributed by atoms with Crippen molar-refractivity contribution in [3.8, 4) is 0 Å². The maximum Gasteiger partial charge on any atom is 0.257 e. The molecule has 160 valence electrons. The second kappa shape index (κ2) is 8.73. The molecule has 1 aliphatic carbocycles. The van der Waals surface area contributed by atoms with Gasteiger partial charge in [0.1, 0.15) is 5.56 Å². The molecule has 0 spiro atoms. The summed E-state index contributed by atoms with van der Waals surface area (Å²) in [6.45, 7) is 0.409. The number of benzene rings is 2. The fourth-order valence-electron chi connectivity index (χ4n) is 4.13. The zero-order valence-corrected chi connectivity index (χ0v) is 17.1. The number of aliphatic hydroxyl groups excluding tert-OH is 1. The molecule has 7 nitrogen and oxygen atoms in total. The van der Waals surface area contributed by atoms with Crippen LogP contribution < -0.4 is 16.5 Å².